The van der Waals surface area contributed by atoms with Gasteiger partial charge in [-0.1, -0.05) is 12.8 Å². The molecule has 1 amide bonds. The molecular formula is C17H24N2O4. The molecule has 23 heavy (non-hydrogen) atoms. The molecule has 1 saturated carbocycles. The van der Waals surface area contributed by atoms with E-state index in [9.17, 15) is 9.59 Å². The number of nitrogens with one attached hydrogen (secondary N) is 2. The lowest BCUT2D eigenvalue weighted by Crippen LogP contribution is -2.47. The van der Waals surface area contributed by atoms with Gasteiger partial charge in [-0.2, -0.15) is 0 Å². The zero-order valence-electron chi connectivity index (χ0n) is 13.7. The van der Waals surface area contributed by atoms with Crippen molar-refractivity contribution in [1.29, 1.82) is 0 Å². The van der Waals surface area contributed by atoms with Crippen molar-refractivity contribution in [2.24, 2.45) is 11.3 Å². The number of carbonyl (C=O) groups is 2. The third-order valence-corrected chi connectivity index (χ3v) is 5.29. The standard InChI is InChI=1S/C17H24N2O4/c1-11-14(15(20)22-2)7-13(23-11)9-19-16(21)17-6-4-3-5-12(17)8-18-10-17/h7,12,18H,3-6,8-10H2,1-2H3,(H,19,21)/t12-,17+/m0/s1. The summed E-state index contributed by atoms with van der Waals surface area (Å²) in [6.07, 6.45) is 4.38. The first kappa shape index (κ1) is 16.1. The predicted molar refractivity (Wildman–Crippen MR) is 83.9 cm³/mol. The summed E-state index contributed by atoms with van der Waals surface area (Å²) in [5.74, 6) is 1.19. The van der Waals surface area contributed by atoms with Gasteiger partial charge in [0.1, 0.15) is 17.1 Å². The number of ether oxygens (including phenoxy) is 1. The minimum atomic E-state index is -0.422. The van der Waals surface area contributed by atoms with Crippen molar-refractivity contribution < 1.29 is 18.7 Å². The highest BCUT2D eigenvalue weighted by atomic mass is 16.5. The summed E-state index contributed by atoms with van der Waals surface area (Å²) < 4.78 is 10.3. The minimum absolute atomic E-state index is 0.0980. The molecule has 1 aliphatic heterocycles. The van der Waals surface area contributed by atoms with Gasteiger partial charge in [0, 0.05) is 6.54 Å². The first-order valence-corrected chi connectivity index (χ1v) is 8.23. The van der Waals surface area contributed by atoms with Crippen LogP contribution >= 0.6 is 0 Å². The maximum absolute atomic E-state index is 12.8. The van der Waals surface area contributed by atoms with Crippen molar-refractivity contribution in [1.82, 2.24) is 10.6 Å². The number of aryl methyl sites for hydroxylation is 1. The monoisotopic (exact) mass is 320 g/mol. The highest BCUT2D eigenvalue weighted by Crippen LogP contribution is 2.43. The number of furan rings is 1. The number of esters is 1. The Kier molecular flexibility index (Phi) is 4.43. The molecule has 0 unspecified atom stereocenters. The Morgan fingerprint density at radius 1 is 1.48 bits per heavy atom. The van der Waals surface area contributed by atoms with Crippen LogP contribution < -0.4 is 10.6 Å². The molecule has 0 aromatic carbocycles. The molecule has 6 nitrogen and oxygen atoms in total. The van der Waals surface area contributed by atoms with E-state index < -0.39 is 5.97 Å². The Bertz CT molecular complexity index is 610. The molecule has 1 aromatic heterocycles. The zero-order chi connectivity index (χ0) is 16.4. The van der Waals surface area contributed by atoms with Gasteiger partial charge >= 0.3 is 5.97 Å². The minimum Gasteiger partial charge on any atom is -0.465 e. The lowest BCUT2D eigenvalue weighted by atomic mass is 9.67. The van der Waals surface area contributed by atoms with Crippen LogP contribution in [0.5, 0.6) is 0 Å². The van der Waals surface area contributed by atoms with Crippen LogP contribution in [0.3, 0.4) is 0 Å². The molecule has 1 aromatic rings. The number of fused-ring (bicyclic) bond motifs is 1. The van der Waals surface area contributed by atoms with E-state index in [0.717, 1.165) is 32.4 Å². The van der Waals surface area contributed by atoms with E-state index in [1.165, 1.54) is 13.5 Å². The van der Waals surface area contributed by atoms with Gasteiger partial charge in [-0.25, -0.2) is 4.79 Å². The molecule has 2 fully saturated rings. The van der Waals surface area contributed by atoms with Crippen molar-refractivity contribution in [3.8, 4) is 0 Å². The van der Waals surface area contributed by atoms with E-state index in [2.05, 4.69) is 10.6 Å². The van der Waals surface area contributed by atoms with Crippen LogP contribution in [0.1, 0.15) is 47.6 Å². The Morgan fingerprint density at radius 2 is 2.30 bits per heavy atom. The van der Waals surface area contributed by atoms with Gasteiger partial charge in [0.2, 0.25) is 5.91 Å². The number of hydrogen-bond donors (Lipinski definition) is 2. The predicted octanol–water partition coefficient (Wildman–Crippen LogP) is 1.77. The molecular weight excluding hydrogens is 296 g/mol. The SMILES string of the molecule is COC(=O)c1cc(CNC(=O)[C@@]23CCCC[C@H]2CNC3)oc1C. The van der Waals surface area contributed by atoms with E-state index >= 15 is 0 Å². The maximum atomic E-state index is 12.8. The van der Waals surface area contributed by atoms with Crippen LogP contribution in [0.4, 0.5) is 0 Å². The number of carbonyl (C=O) groups excluding carboxylic acids is 2. The van der Waals surface area contributed by atoms with Crippen LogP contribution in [0.2, 0.25) is 0 Å². The quantitative estimate of drug-likeness (QED) is 0.827. The number of rotatable bonds is 4. The summed E-state index contributed by atoms with van der Waals surface area (Å²) in [4.78, 5) is 24.4. The molecule has 2 heterocycles. The van der Waals surface area contributed by atoms with Gasteiger partial charge in [-0.3, -0.25) is 4.79 Å². The van der Waals surface area contributed by atoms with Crippen LogP contribution in [0.25, 0.3) is 0 Å². The molecule has 6 heteroatoms. The molecule has 1 saturated heterocycles. The molecule has 2 atom stereocenters. The summed E-state index contributed by atoms with van der Waals surface area (Å²) in [5, 5.41) is 6.38. The number of hydrogen-bond acceptors (Lipinski definition) is 5. The second-order valence-electron chi connectivity index (χ2n) is 6.59. The largest absolute Gasteiger partial charge is 0.465 e. The summed E-state index contributed by atoms with van der Waals surface area (Å²) in [7, 11) is 1.34. The van der Waals surface area contributed by atoms with Crippen LogP contribution in [-0.4, -0.2) is 32.1 Å². The maximum Gasteiger partial charge on any atom is 0.341 e. The van der Waals surface area contributed by atoms with Crippen LogP contribution in [-0.2, 0) is 16.1 Å². The van der Waals surface area contributed by atoms with E-state index in [-0.39, 0.29) is 11.3 Å². The molecule has 126 valence electrons. The van der Waals surface area contributed by atoms with Gasteiger partial charge in [-0.05, 0) is 38.3 Å². The van der Waals surface area contributed by atoms with E-state index in [1.807, 2.05) is 0 Å². The van der Waals surface area contributed by atoms with E-state index in [0.29, 0.717) is 29.5 Å². The fourth-order valence-electron chi connectivity index (χ4n) is 3.98. The average molecular weight is 320 g/mol. The summed E-state index contributed by atoms with van der Waals surface area (Å²) >= 11 is 0. The highest BCUT2D eigenvalue weighted by Gasteiger charge is 2.49. The van der Waals surface area contributed by atoms with Crippen LogP contribution in [0.15, 0.2) is 10.5 Å². The van der Waals surface area contributed by atoms with Crippen molar-refractivity contribution in [3.63, 3.8) is 0 Å². The van der Waals surface area contributed by atoms with Gasteiger partial charge in [0.15, 0.2) is 0 Å². The van der Waals surface area contributed by atoms with Gasteiger partial charge in [0.05, 0.1) is 19.1 Å². The molecule has 0 bridgehead atoms. The molecule has 2 N–H and O–H groups in total. The first-order chi connectivity index (χ1) is 11.1. The second kappa shape index (κ2) is 6.35. The van der Waals surface area contributed by atoms with E-state index in [1.54, 1.807) is 13.0 Å². The van der Waals surface area contributed by atoms with Crippen molar-refractivity contribution in [3.05, 3.63) is 23.2 Å². The van der Waals surface area contributed by atoms with Crippen molar-refractivity contribution in [2.45, 2.75) is 39.2 Å². The van der Waals surface area contributed by atoms with Crippen molar-refractivity contribution in [2.75, 3.05) is 20.2 Å². The van der Waals surface area contributed by atoms with Gasteiger partial charge < -0.3 is 19.8 Å². The third kappa shape index (κ3) is 2.87. The zero-order valence-corrected chi connectivity index (χ0v) is 13.7. The van der Waals surface area contributed by atoms with Gasteiger partial charge in [-0.15, -0.1) is 0 Å². The topological polar surface area (TPSA) is 80.6 Å². The normalized spacial score (nSPS) is 26.6. The lowest BCUT2D eigenvalue weighted by Gasteiger charge is -2.37. The molecule has 1 aliphatic carbocycles. The number of methoxy groups -OCH3 is 1. The number of amides is 1. The van der Waals surface area contributed by atoms with Crippen molar-refractivity contribution >= 4 is 11.9 Å². The Hall–Kier alpha value is -1.82. The Morgan fingerprint density at radius 3 is 3.09 bits per heavy atom. The molecule has 3 rings (SSSR count). The third-order valence-electron chi connectivity index (χ3n) is 5.29. The lowest BCUT2D eigenvalue weighted by molar-refractivity contribution is -0.134. The second-order valence-corrected chi connectivity index (χ2v) is 6.59. The Labute approximate surface area is 135 Å². The van der Waals surface area contributed by atoms with Gasteiger partial charge in [0.25, 0.3) is 0 Å². The average Bonchev–Trinajstić information content (AvgIpc) is 3.16. The first-order valence-electron chi connectivity index (χ1n) is 8.23. The molecule has 2 aliphatic rings. The Balaban J connectivity index is 1.66. The summed E-state index contributed by atoms with van der Waals surface area (Å²) in [5.41, 5.74) is 0.137. The van der Waals surface area contributed by atoms with E-state index in [4.69, 9.17) is 9.15 Å². The smallest absolute Gasteiger partial charge is 0.341 e. The molecule has 0 spiro atoms. The fourth-order valence-corrected chi connectivity index (χ4v) is 3.98. The molecule has 0 radical (unpaired) electrons. The summed E-state index contributed by atoms with van der Waals surface area (Å²) in [6, 6.07) is 1.64. The fraction of sp³-hybridized carbons (Fsp3) is 0.647. The highest BCUT2D eigenvalue weighted by molar-refractivity contribution is 5.90. The summed E-state index contributed by atoms with van der Waals surface area (Å²) in [6.45, 7) is 3.70. The van der Waals surface area contributed by atoms with Crippen LogP contribution in [0, 0.1) is 18.3 Å².